The Morgan fingerprint density at radius 2 is 2.06 bits per heavy atom. The lowest BCUT2D eigenvalue weighted by Crippen LogP contribution is -2.11. The van der Waals surface area contributed by atoms with Gasteiger partial charge in [-0.3, -0.25) is 0 Å². The highest BCUT2D eigenvalue weighted by Gasteiger charge is 2.04. The standard InChI is InChI=1S/C12H20N2O3/c1-9(2)8-16-6-7-17-12-10(13)4-5-11(14-12)15-3/h4-5,9H,6-8,13H2,1-3H3. The molecule has 0 amide bonds. The molecule has 0 aliphatic heterocycles. The van der Waals surface area contributed by atoms with Gasteiger partial charge < -0.3 is 19.9 Å². The molecule has 0 unspecified atom stereocenters. The van der Waals surface area contributed by atoms with Crippen LogP contribution in [0.3, 0.4) is 0 Å². The first-order valence-corrected chi connectivity index (χ1v) is 5.64. The first kappa shape index (κ1) is 13.6. The van der Waals surface area contributed by atoms with E-state index in [1.165, 1.54) is 0 Å². The van der Waals surface area contributed by atoms with Crippen LogP contribution < -0.4 is 15.2 Å². The molecule has 0 fully saturated rings. The second kappa shape index (κ2) is 6.96. The molecule has 1 heterocycles. The largest absolute Gasteiger partial charge is 0.481 e. The molecule has 0 bridgehead atoms. The summed E-state index contributed by atoms with van der Waals surface area (Å²) in [6, 6.07) is 3.40. The van der Waals surface area contributed by atoms with Crippen LogP contribution in [-0.4, -0.2) is 31.9 Å². The van der Waals surface area contributed by atoms with Crippen molar-refractivity contribution in [2.75, 3.05) is 32.7 Å². The summed E-state index contributed by atoms with van der Waals surface area (Å²) in [6.07, 6.45) is 0. The van der Waals surface area contributed by atoms with Gasteiger partial charge in [0.1, 0.15) is 6.61 Å². The average Bonchev–Trinajstić information content (AvgIpc) is 2.30. The number of nitrogens with two attached hydrogens (primary N) is 1. The topological polar surface area (TPSA) is 66.6 Å². The number of hydrogen-bond donors (Lipinski definition) is 1. The van der Waals surface area contributed by atoms with Gasteiger partial charge in [0.2, 0.25) is 11.8 Å². The third kappa shape index (κ3) is 4.91. The molecule has 0 saturated carbocycles. The van der Waals surface area contributed by atoms with Crippen LogP contribution in [0.15, 0.2) is 12.1 Å². The van der Waals surface area contributed by atoms with Crippen molar-refractivity contribution in [3.63, 3.8) is 0 Å². The third-order valence-corrected chi connectivity index (χ3v) is 1.99. The Bertz CT molecular complexity index is 343. The monoisotopic (exact) mass is 240 g/mol. The van der Waals surface area contributed by atoms with E-state index in [0.717, 1.165) is 6.61 Å². The minimum Gasteiger partial charge on any atom is -0.481 e. The molecule has 0 radical (unpaired) electrons. The zero-order chi connectivity index (χ0) is 12.7. The second-order valence-corrected chi connectivity index (χ2v) is 4.07. The van der Waals surface area contributed by atoms with Crippen molar-refractivity contribution in [3.05, 3.63) is 12.1 Å². The van der Waals surface area contributed by atoms with E-state index < -0.39 is 0 Å². The summed E-state index contributed by atoms with van der Waals surface area (Å²) in [4.78, 5) is 4.10. The maximum atomic E-state index is 5.72. The van der Waals surface area contributed by atoms with Gasteiger partial charge in [0.25, 0.3) is 0 Å². The number of pyridine rings is 1. The van der Waals surface area contributed by atoms with Crippen LogP contribution in [0.5, 0.6) is 11.8 Å². The van der Waals surface area contributed by atoms with Crippen LogP contribution in [0, 0.1) is 5.92 Å². The van der Waals surface area contributed by atoms with Crippen molar-refractivity contribution >= 4 is 5.69 Å². The number of anilines is 1. The molecule has 17 heavy (non-hydrogen) atoms. The van der Waals surface area contributed by atoms with E-state index in [0.29, 0.717) is 36.6 Å². The zero-order valence-electron chi connectivity index (χ0n) is 10.6. The lowest BCUT2D eigenvalue weighted by molar-refractivity contribution is 0.0807. The maximum absolute atomic E-state index is 5.72. The van der Waals surface area contributed by atoms with Gasteiger partial charge in [0, 0.05) is 12.7 Å². The van der Waals surface area contributed by atoms with Crippen molar-refractivity contribution in [1.29, 1.82) is 0 Å². The number of ether oxygens (including phenoxy) is 3. The Hall–Kier alpha value is -1.49. The molecule has 1 rings (SSSR count). The van der Waals surface area contributed by atoms with Crippen molar-refractivity contribution in [3.8, 4) is 11.8 Å². The predicted octanol–water partition coefficient (Wildman–Crippen LogP) is 1.72. The smallest absolute Gasteiger partial charge is 0.240 e. The number of nitrogen functional groups attached to an aromatic ring is 1. The summed E-state index contributed by atoms with van der Waals surface area (Å²) in [5, 5.41) is 0. The Kier molecular flexibility index (Phi) is 5.56. The van der Waals surface area contributed by atoms with Gasteiger partial charge >= 0.3 is 0 Å². The molecule has 0 aromatic carbocycles. The van der Waals surface area contributed by atoms with Crippen LogP contribution in [0.25, 0.3) is 0 Å². The van der Waals surface area contributed by atoms with Crippen LogP contribution in [-0.2, 0) is 4.74 Å². The van der Waals surface area contributed by atoms with Crippen LogP contribution in [0.4, 0.5) is 5.69 Å². The van der Waals surface area contributed by atoms with Crippen molar-refractivity contribution in [1.82, 2.24) is 4.98 Å². The number of methoxy groups -OCH3 is 1. The molecule has 96 valence electrons. The van der Waals surface area contributed by atoms with Crippen LogP contribution >= 0.6 is 0 Å². The molecule has 5 heteroatoms. The van der Waals surface area contributed by atoms with E-state index in [4.69, 9.17) is 19.9 Å². The van der Waals surface area contributed by atoms with Gasteiger partial charge in [-0.25, -0.2) is 0 Å². The number of nitrogens with zero attached hydrogens (tertiary/aromatic N) is 1. The molecule has 5 nitrogen and oxygen atoms in total. The summed E-state index contributed by atoms with van der Waals surface area (Å²) >= 11 is 0. The van der Waals surface area contributed by atoms with E-state index >= 15 is 0 Å². The molecule has 0 spiro atoms. The Balaban J connectivity index is 2.35. The van der Waals surface area contributed by atoms with Crippen LogP contribution in [0.1, 0.15) is 13.8 Å². The highest BCUT2D eigenvalue weighted by Crippen LogP contribution is 2.21. The fraction of sp³-hybridized carbons (Fsp3) is 0.583. The Labute approximate surface area is 102 Å². The molecule has 0 saturated heterocycles. The number of aromatic nitrogens is 1. The molecule has 2 N–H and O–H groups in total. The SMILES string of the molecule is COc1ccc(N)c(OCCOCC(C)C)n1. The number of rotatable bonds is 7. The fourth-order valence-corrected chi connectivity index (χ4v) is 1.18. The molecule has 1 aromatic heterocycles. The van der Waals surface area contributed by atoms with Gasteiger partial charge in [-0.1, -0.05) is 13.8 Å². The fourth-order valence-electron chi connectivity index (χ4n) is 1.18. The van der Waals surface area contributed by atoms with E-state index in [1.54, 1.807) is 19.2 Å². The lowest BCUT2D eigenvalue weighted by atomic mass is 10.2. The van der Waals surface area contributed by atoms with Crippen molar-refractivity contribution in [2.24, 2.45) is 5.92 Å². The van der Waals surface area contributed by atoms with Gasteiger partial charge in [-0.15, -0.1) is 0 Å². The summed E-state index contributed by atoms with van der Waals surface area (Å²) in [7, 11) is 1.55. The normalized spacial score (nSPS) is 10.6. The quantitative estimate of drug-likeness (QED) is 0.735. The van der Waals surface area contributed by atoms with E-state index in [-0.39, 0.29) is 0 Å². The van der Waals surface area contributed by atoms with Crippen LogP contribution in [0.2, 0.25) is 0 Å². The summed E-state index contributed by atoms with van der Waals surface area (Å²) in [5.41, 5.74) is 6.22. The molecule has 0 atom stereocenters. The first-order valence-electron chi connectivity index (χ1n) is 5.64. The Morgan fingerprint density at radius 3 is 2.71 bits per heavy atom. The third-order valence-electron chi connectivity index (χ3n) is 1.99. The van der Waals surface area contributed by atoms with E-state index in [2.05, 4.69) is 18.8 Å². The van der Waals surface area contributed by atoms with Gasteiger partial charge in [0.15, 0.2) is 0 Å². The second-order valence-electron chi connectivity index (χ2n) is 4.07. The summed E-state index contributed by atoms with van der Waals surface area (Å²) in [5.74, 6) is 1.39. The van der Waals surface area contributed by atoms with Crippen molar-refractivity contribution in [2.45, 2.75) is 13.8 Å². The molecule has 1 aromatic rings. The highest BCUT2D eigenvalue weighted by atomic mass is 16.5. The van der Waals surface area contributed by atoms with Gasteiger partial charge in [-0.2, -0.15) is 4.98 Å². The summed E-state index contributed by atoms with van der Waals surface area (Å²) < 4.78 is 15.8. The maximum Gasteiger partial charge on any atom is 0.240 e. The van der Waals surface area contributed by atoms with Gasteiger partial charge in [-0.05, 0) is 12.0 Å². The van der Waals surface area contributed by atoms with Crippen molar-refractivity contribution < 1.29 is 14.2 Å². The molecule has 0 aliphatic carbocycles. The number of hydrogen-bond acceptors (Lipinski definition) is 5. The zero-order valence-corrected chi connectivity index (χ0v) is 10.6. The Morgan fingerprint density at radius 1 is 1.29 bits per heavy atom. The minimum absolute atomic E-state index is 0.387. The molecular formula is C12H20N2O3. The average molecular weight is 240 g/mol. The van der Waals surface area contributed by atoms with E-state index in [9.17, 15) is 0 Å². The minimum atomic E-state index is 0.387. The highest BCUT2D eigenvalue weighted by molar-refractivity contribution is 5.49. The van der Waals surface area contributed by atoms with E-state index in [1.807, 2.05) is 0 Å². The lowest BCUT2D eigenvalue weighted by Gasteiger charge is -2.10. The predicted molar refractivity (Wildman–Crippen MR) is 66.4 cm³/mol. The molecule has 0 aliphatic rings. The first-order chi connectivity index (χ1) is 8.13. The van der Waals surface area contributed by atoms with Gasteiger partial charge in [0.05, 0.1) is 19.4 Å². The molecular weight excluding hydrogens is 220 g/mol. The summed E-state index contributed by atoms with van der Waals surface area (Å²) in [6.45, 7) is 5.88.